The third kappa shape index (κ3) is 2.02. The van der Waals surface area contributed by atoms with Gasteiger partial charge in [0.25, 0.3) is 0 Å². The second-order valence-electron chi connectivity index (χ2n) is 4.01. The molecule has 0 aromatic heterocycles. The first-order chi connectivity index (χ1) is 7.20. The second-order valence-corrected chi connectivity index (χ2v) is 4.01. The first-order valence-corrected chi connectivity index (χ1v) is 5.22. The molecule has 3 heteroatoms. The number of aliphatic hydroxyl groups excluding tert-OH is 1. The molecular weight excluding hydrogens is 190 g/mol. The molecule has 2 N–H and O–H groups in total. The van der Waals surface area contributed by atoms with E-state index >= 15 is 0 Å². The normalized spacial score (nSPS) is 18.7. The van der Waals surface area contributed by atoms with E-state index in [1.54, 1.807) is 0 Å². The van der Waals surface area contributed by atoms with Crippen LogP contribution in [-0.4, -0.2) is 17.6 Å². The molecule has 1 aromatic rings. The summed E-state index contributed by atoms with van der Waals surface area (Å²) in [5.74, 6) is 0.234. The van der Waals surface area contributed by atoms with E-state index in [9.17, 15) is 4.79 Å². The van der Waals surface area contributed by atoms with Crippen molar-refractivity contribution < 1.29 is 9.90 Å². The van der Waals surface area contributed by atoms with Crippen LogP contribution in [0.2, 0.25) is 0 Å². The molecule has 0 heterocycles. The summed E-state index contributed by atoms with van der Waals surface area (Å²) in [6.45, 7) is 1.72. The Kier molecular flexibility index (Phi) is 2.73. The van der Waals surface area contributed by atoms with Gasteiger partial charge in [0.1, 0.15) is 0 Å². The first-order valence-electron chi connectivity index (χ1n) is 5.22. The summed E-state index contributed by atoms with van der Waals surface area (Å²) < 4.78 is 0. The minimum atomic E-state index is -0.0494. The van der Waals surface area contributed by atoms with Crippen molar-refractivity contribution in [3.8, 4) is 0 Å². The molecule has 0 aliphatic heterocycles. The fourth-order valence-corrected chi connectivity index (χ4v) is 2.18. The number of rotatable bonds is 2. The average molecular weight is 205 g/mol. The van der Waals surface area contributed by atoms with Crippen LogP contribution < -0.4 is 5.32 Å². The second kappa shape index (κ2) is 4.03. The third-order valence-corrected chi connectivity index (χ3v) is 2.89. The molecule has 0 spiro atoms. The van der Waals surface area contributed by atoms with Crippen LogP contribution in [0.25, 0.3) is 0 Å². The molecule has 80 valence electrons. The van der Waals surface area contributed by atoms with Crippen LogP contribution in [0.4, 0.5) is 5.69 Å². The number of anilines is 1. The van der Waals surface area contributed by atoms with Crippen molar-refractivity contribution in [1.29, 1.82) is 0 Å². The van der Waals surface area contributed by atoms with E-state index in [2.05, 4.69) is 5.32 Å². The number of hydrogen-bond acceptors (Lipinski definition) is 2. The molecule has 1 aliphatic carbocycles. The summed E-state index contributed by atoms with van der Waals surface area (Å²) >= 11 is 0. The fraction of sp³-hybridized carbons (Fsp3) is 0.417. The zero-order valence-electron chi connectivity index (χ0n) is 8.79. The number of aliphatic hydroxyl groups is 1. The Labute approximate surface area is 89.1 Å². The summed E-state index contributed by atoms with van der Waals surface area (Å²) in [6.07, 6.45) is 2.00. The number of carbonyl (C=O) groups is 1. The minimum Gasteiger partial charge on any atom is -0.396 e. The maximum Gasteiger partial charge on any atom is 0.221 e. The molecule has 1 aliphatic rings. The lowest BCUT2D eigenvalue weighted by Gasteiger charge is -2.08. The topological polar surface area (TPSA) is 49.3 Å². The van der Waals surface area contributed by atoms with Gasteiger partial charge in [-0.05, 0) is 36.1 Å². The lowest BCUT2D eigenvalue weighted by Crippen LogP contribution is -2.06. The van der Waals surface area contributed by atoms with Crippen molar-refractivity contribution in [2.75, 3.05) is 11.9 Å². The molecule has 0 bridgehead atoms. The summed E-state index contributed by atoms with van der Waals surface area (Å²) in [7, 11) is 0. The number of amides is 1. The Morgan fingerprint density at radius 1 is 1.60 bits per heavy atom. The molecule has 1 aromatic carbocycles. The van der Waals surface area contributed by atoms with E-state index in [4.69, 9.17) is 5.11 Å². The molecule has 0 saturated heterocycles. The van der Waals surface area contributed by atoms with Crippen molar-refractivity contribution in [1.82, 2.24) is 0 Å². The highest BCUT2D eigenvalue weighted by Crippen LogP contribution is 2.34. The quantitative estimate of drug-likeness (QED) is 0.771. The molecule has 1 amide bonds. The van der Waals surface area contributed by atoms with Gasteiger partial charge in [0.15, 0.2) is 0 Å². The van der Waals surface area contributed by atoms with E-state index in [1.165, 1.54) is 18.1 Å². The number of nitrogens with one attached hydrogen (secondary N) is 1. The molecule has 0 saturated carbocycles. The molecule has 2 rings (SSSR count). The number of hydrogen-bond donors (Lipinski definition) is 2. The van der Waals surface area contributed by atoms with Gasteiger partial charge in [-0.25, -0.2) is 0 Å². The average Bonchev–Trinajstić information content (AvgIpc) is 2.58. The maximum atomic E-state index is 10.9. The predicted octanol–water partition coefficient (Wildman–Crippen LogP) is 1.67. The number of benzene rings is 1. The Balaban J connectivity index is 2.25. The zero-order valence-corrected chi connectivity index (χ0v) is 8.79. The highest BCUT2D eigenvalue weighted by atomic mass is 16.3. The van der Waals surface area contributed by atoms with Crippen molar-refractivity contribution in [3.05, 3.63) is 29.3 Å². The molecule has 1 atom stereocenters. The van der Waals surface area contributed by atoms with Gasteiger partial charge in [0, 0.05) is 25.1 Å². The third-order valence-electron chi connectivity index (χ3n) is 2.89. The monoisotopic (exact) mass is 205 g/mol. The van der Waals surface area contributed by atoms with Crippen LogP contribution in [0.5, 0.6) is 0 Å². The lowest BCUT2D eigenvalue weighted by molar-refractivity contribution is -0.114. The van der Waals surface area contributed by atoms with Gasteiger partial charge >= 0.3 is 0 Å². The van der Waals surface area contributed by atoms with Crippen LogP contribution in [-0.2, 0) is 11.2 Å². The molecule has 1 unspecified atom stereocenters. The molecule has 3 nitrogen and oxygen atoms in total. The van der Waals surface area contributed by atoms with E-state index < -0.39 is 0 Å². The van der Waals surface area contributed by atoms with Crippen molar-refractivity contribution >= 4 is 11.6 Å². The summed E-state index contributed by atoms with van der Waals surface area (Å²) in [4.78, 5) is 10.9. The van der Waals surface area contributed by atoms with Gasteiger partial charge in [-0.2, -0.15) is 0 Å². The van der Waals surface area contributed by atoms with Crippen molar-refractivity contribution in [3.63, 3.8) is 0 Å². The van der Waals surface area contributed by atoms with Crippen LogP contribution in [0, 0.1) is 0 Å². The number of fused-ring (bicyclic) bond motifs is 1. The number of carbonyl (C=O) groups excluding carboxylic acids is 1. The van der Waals surface area contributed by atoms with E-state index in [0.717, 1.165) is 18.5 Å². The standard InChI is InChI=1S/C12H15NO2/c1-8(15)13-11-4-5-12-9(6-11)2-3-10(12)7-14/h4-6,10,14H,2-3,7H2,1H3,(H,13,15). The van der Waals surface area contributed by atoms with E-state index in [-0.39, 0.29) is 18.4 Å². The fourth-order valence-electron chi connectivity index (χ4n) is 2.18. The Hall–Kier alpha value is -1.35. The smallest absolute Gasteiger partial charge is 0.221 e. The molecular formula is C12H15NO2. The maximum absolute atomic E-state index is 10.9. The molecule has 0 fully saturated rings. The van der Waals surface area contributed by atoms with Crippen LogP contribution >= 0.6 is 0 Å². The predicted molar refractivity (Wildman–Crippen MR) is 58.9 cm³/mol. The van der Waals surface area contributed by atoms with Crippen LogP contribution in [0.1, 0.15) is 30.4 Å². The highest BCUT2D eigenvalue weighted by molar-refractivity contribution is 5.88. The minimum absolute atomic E-state index is 0.0494. The molecule has 0 radical (unpaired) electrons. The van der Waals surface area contributed by atoms with Gasteiger partial charge in [-0.1, -0.05) is 6.07 Å². The highest BCUT2D eigenvalue weighted by Gasteiger charge is 2.21. The van der Waals surface area contributed by atoms with E-state index in [0.29, 0.717) is 0 Å². The van der Waals surface area contributed by atoms with Gasteiger partial charge in [0.05, 0.1) is 0 Å². The summed E-state index contributed by atoms with van der Waals surface area (Å²) in [5.41, 5.74) is 3.33. The Bertz CT molecular complexity index is 387. The SMILES string of the molecule is CC(=O)Nc1ccc2c(c1)CCC2CO. The lowest BCUT2D eigenvalue weighted by atomic mass is 10.0. The van der Waals surface area contributed by atoms with Gasteiger partial charge in [-0.15, -0.1) is 0 Å². The van der Waals surface area contributed by atoms with Gasteiger partial charge in [0.2, 0.25) is 5.91 Å². The van der Waals surface area contributed by atoms with Crippen molar-refractivity contribution in [2.45, 2.75) is 25.7 Å². The first kappa shape index (κ1) is 10.2. The van der Waals surface area contributed by atoms with Crippen molar-refractivity contribution in [2.24, 2.45) is 0 Å². The largest absolute Gasteiger partial charge is 0.396 e. The summed E-state index contributed by atoms with van der Waals surface area (Å²) in [6, 6.07) is 5.91. The number of aryl methyl sites for hydroxylation is 1. The van der Waals surface area contributed by atoms with Gasteiger partial charge in [-0.3, -0.25) is 4.79 Å². The van der Waals surface area contributed by atoms with E-state index in [1.807, 2.05) is 18.2 Å². The zero-order chi connectivity index (χ0) is 10.8. The summed E-state index contributed by atoms with van der Waals surface area (Å²) in [5, 5.41) is 11.9. The van der Waals surface area contributed by atoms with Crippen LogP contribution in [0.3, 0.4) is 0 Å². The van der Waals surface area contributed by atoms with Crippen LogP contribution in [0.15, 0.2) is 18.2 Å². The Morgan fingerprint density at radius 3 is 3.07 bits per heavy atom. The molecule has 15 heavy (non-hydrogen) atoms. The van der Waals surface area contributed by atoms with Gasteiger partial charge < -0.3 is 10.4 Å². The Morgan fingerprint density at radius 2 is 2.40 bits per heavy atom.